The van der Waals surface area contributed by atoms with Crippen molar-refractivity contribution in [2.75, 3.05) is 23.8 Å². The molecule has 0 aromatic carbocycles. The molecule has 0 saturated carbocycles. The molecule has 1 amide bonds. The van der Waals surface area contributed by atoms with Gasteiger partial charge in [-0.15, -0.1) is 0 Å². The van der Waals surface area contributed by atoms with Crippen molar-refractivity contribution in [3.8, 4) is 0 Å². The molecule has 0 aliphatic rings. The molecule has 10 nitrogen and oxygen atoms in total. The zero-order valence-corrected chi connectivity index (χ0v) is 17.8. The largest absolute Gasteiger partial charge is 0.450 e. The number of hydrogen-bond donors (Lipinski definition) is 2. The average molecular weight is 471 g/mol. The molecule has 0 saturated heterocycles. The maximum absolute atomic E-state index is 12.8. The number of amides is 1. The summed E-state index contributed by atoms with van der Waals surface area (Å²) in [5.41, 5.74) is 4.51. The Kier molecular flexibility index (Phi) is 7.82. The van der Waals surface area contributed by atoms with E-state index in [-0.39, 0.29) is 30.4 Å². The number of aromatic amines is 1. The standard InChI is InChI=1S/C18H23BrN4O6/c1-3-5-9-22(13(24)10-28-17(26)11-6-7-12(19)29-11)14-15(20)23(8-4-2)18(27)21-16(14)25/h6-7H,3-5,8-10,20H2,1-2H3,(H,21,25,27). The van der Waals surface area contributed by atoms with E-state index in [1.165, 1.54) is 16.7 Å². The van der Waals surface area contributed by atoms with Crippen molar-refractivity contribution in [3.63, 3.8) is 0 Å². The summed E-state index contributed by atoms with van der Waals surface area (Å²) in [6.45, 7) is 3.61. The normalized spacial score (nSPS) is 10.7. The number of nitrogen functional groups attached to an aromatic ring is 1. The van der Waals surface area contributed by atoms with Crippen molar-refractivity contribution in [3.05, 3.63) is 43.4 Å². The molecule has 3 N–H and O–H groups in total. The molecule has 2 aromatic heterocycles. The molecule has 2 rings (SSSR count). The van der Waals surface area contributed by atoms with Gasteiger partial charge in [0.15, 0.2) is 17.0 Å². The topological polar surface area (TPSA) is 141 Å². The Morgan fingerprint density at radius 2 is 2.00 bits per heavy atom. The van der Waals surface area contributed by atoms with Gasteiger partial charge in [-0.2, -0.15) is 0 Å². The molecular formula is C18H23BrN4O6. The summed E-state index contributed by atoms with van der Waals surface area (Å²) in [6, 6.07) is 2.91. The van der Waals surface area contributed by atoms with Gasteiger partial charge in [0.05, 0.1) is 0 Å². The first-order valence-corrected chi connectivity index (χ1v) is 9.94. The lowest BCUT2D eigenvalue weighted by Crippen LogP contribution is -2.43. The molecule has 0 aliphatic heterocycles. The molecular weight excluding hydrogens is 448 g/mol. The highest BCUT2D eigenvalue weighted by molar-refractivity contribution is 9.10. The van der Waals surface area contributed by atoms with Gasteiger partial charge in [-0.25, -0.2) is 9.59 Å². The number of carbonyl (C=O) groups is 2. The van der Waals surface area contributed by atoms with Crippen molar-refractivity contribution in [2.24, 2.45) is 0 Å². The molecule has 0 fully saturated rings. The molecule has 0 unspecified atom stereocenters. The van der Waals surface area contributed by atoms with Crippen LogP contribution in [0.5, 0.6) is 0 Å². The van der Waals surface area contributed by atoms with Gasteiger partial charge in [0.2, 0.25) is 5.76 Å². The predicted molar refractivity (Wildman–Crippen MR) is 110 cm³/mol. The Labute approximate surface area is 174 Å². The summed E-state index contributed by atoms with van der Waals surface area (Å²) in [7, 11) is 0. The van der Waals surface area contributed by atoms with E-state index < -0.39 is 29.7 Å². The van der Waals surface area contributed by atoms with Gasteiger partial charge in [-0.05, 0) is 40.9 Å². The van der Waals surface area contributed by atoms with Crippen LogP contribution >= 0.6 is 15.9 Å². The smallest absolute Gasteiger partial charge is 0.374 e. The van der Waals surface area contributed by atoms with E-state index in [0.29, 0.717) is 17.5 Å². The third-order valence-electron chi connectivity index (χ3n) is 4.07. The summed E-state index contributed by atoms with van der Waals surface area (Å²) in [4.78, 5) is 52.5. The quantitative estimate of drug-likeness (QED) is 0.532. The number of esters is 1. The molecule has 0 spiro atoms. The second kappa shape index (κ2) is 10.1. The minimum Gasteiger partial charge on any atom is -0.450 e. The lowest BCUT2D eigenvalue weighted by atomic mass is 10.2. The number of anilines is 2. The van der Waals surface area contributed by atoms with Gasteiger partial charge in [0.25, 0.3) is 11.5 Å². The first kappa shape index (κ1) is 22.5. The maximum atomic E-state index is 12.8. The Morgan fingerprint density at radius 1 is 1.28 bits per heavy atom. The molecule has 29 heavy (non-hydrogen) atoms. The number of unbranched alkanes of at least 4 members (excludes halogenated alkanes) is 1. The molecule has 2 aromatic rings. The third-order valence-corrected chi connectivity index (χ3v) is 4.49. The number of nitrogens with two attached hydrogens (primary N) is 1. The van der Waals surface area contributed by atoms with Gasteiger partial charge in [0, 0.05) is 13.1 Å². The van der Waals surface area contributed by atoms with Gasteiger partial charge in [0.1, 0.15) is 5.82 Å². The molecule has 0 radical (unpaired) electrons. The fraction of sp³-hybridized carbons (Fsp3) is 0.444. The van der Waals surface area contributed by atoms with Crippen LogP contribution in [0.2, 0.25) is 0 Å². The minimum atomic E-state index is -0.822. The highest BCUT2D eigenvalue weighted by atomic mass is 79.9. The van der Waals surface area contributed by atoms with Crippen LogP contribution in [-0.4, -0.2) is 34.6 Å². The second-order valence-corrected chi connectivity index (χ2v) is 7.01. The number of halogens is 1. The van der Waals surface area contributed by atoms with Crippen molar-refractivity contribution in [1.29, 1.82) is 0 Å². The van der Waals surface area contributed by atoms with Crippen LogP contribution in [0.3, 0.4) is 0 Å². The van der Waals surface area contributed by atoms with Crippen molar-refractivity contribution in [2.45, 2.75) is 39.7 Å². The summed E-state index contributed by atoms with van der Waals surface area (Å²) in [6.07, 6.45) is 1.93. The lowest BCUT2D eigenvalue weighted by Gasteiger charge is -2.24. The number of furan rings is 1. The monoisotopic (exact) mass is 470 g/mol. The average Bonchev–Trinajstić information content (AvgIpc) is 3.11. The van der Waals surface area contributed by atoms with Crippen molar-refractivity contribution in [1.82, 2.24) is 9.55 Å². The second-order valence-electron chi connectivity index (χ2n) is 6.22. The predicted octanol–water partition coefficient (Wildman–Crippen LogP) is 1.87. The van der Waals surface area contributed by atoms with Crippen molar-refractivity contribution < 1.29 is 18.7 Å². The number of aromatic nitrogens is 2. The van der Waals surface area contributed by atoms with E-state index in [4.69, 9.17) is 14.9 Å². The summed E-state index contributed by atoms with van der Waals surface area (Å²) < 4.78 is 11.6. The van der Waals surface area contributed by atoms with Gasteiger partial charge in [-0.1, -0.05) is 20.3 Å². The number of nitrogens with one attached hydrogen (secondary N) is 1. The van der Waals surface area contributed by atoms with E-state index >= 15 is 0 Å². The Morgan fingerprint density at radius 3 is 2.59 bits per heavy atom. The zero-order chi connectivity index (χ0) is 21.6. The number of ether oxygens (including phenoxy) is 1. The Bertz CT molecular complexity index is 993. The first-order valence-electron chi connectivity index (χ1n) is 9.15. The van der Waals surface area contributed by atoms with Crippen LogP contribution in [0.1, 0.15) is 43.7 Å². The Balaban J connectivity index is 2.30. The minimum absolute atomic E-state index is 0.0707. The first-order chi connectivity index (χ1) is 13.8. The number of rotatable bonds is 9. The van der Waals surface area contributed by atoms with E-state index in [2.05, 4.69) is 20.9 Å². The number of nitrogens with zero attached hydrogens (tertiary/aromatic N) is 2. The summed E-state index contributed by atoms with van der Waals surface area (Å²) in [5.74, 6) is -1.64. The lowest BCUT2D eigenvalue weighted by molar-refractivity contribution is -0.121. The number of hydrogen-bond acceptors (Lipinski definition) is 7. The molecule has 0 bridgehead atoms. The Hall–Kier alpha value is -2.82. The molecule has 0 aliphatic carbocycles. The molecule has 158 valence electrons. The SMILES string of the molecule is CCCCN(C(=O)COC(=O)c1ccc(Br)o1)c1c(N)n(CCC)c(=O)[nH]c1=O. The van der Waals surface area contributed by atoms with Crippen LogP contribution in [0, 0.1) is 0 Å². The van der Waals surface area contributed by atoms with Crippen LogP contribution in [-0.2, 0) is 16.1 Å². The van der Waals surface area contributed by atoms with Gasteiger partial charge in [-0.3, -0.25) is 19.1 Å². The van der Waals surface area contributed by atoms with Gasteiger partial charge < -0.3 is 19.8 Å². The summed E-state index contributed by atoms with van der Waals surface area (Å²) >= 11 is 3.07. The molecule has 2 heterocycles. The number of carbonyl (C=O) groups excluding carboxylic acids is 2. The van der Waals surface area contributed by atoms with Crippen LogP contribution in [0.4, 0.5) is 11.5 Å². The van der Waals surface area contributed by atoms with Crippen LogP contribution in [0.15, 0.2) is 30.8 Å². The number of H-pyrrole nitrogens is 1. The van der Waals surface area contributed by atoms with E-state index in [9.17, 15) is 19.2 Å². The fourth-order valence-corrected chi connectivity index (χ4v) is 2.97. The highest BCUT2D eigenvalue weighted by Gasteiger charge is 2.25. The maximum Gasteiger partial charge on any atom is 0.374 e. The van der Waals surface area contributed by atoms with Crippen molar-refractivity contribution >= 4 is 39.3 Å². The third kappa shape index (κ3) is 5.37. The fourth-order valence-electron chi connectivity index (χ4n) is 2.66. The van der Waals surface area contributed by atoms with E-state index in [1.807, 2.05) is 13.8 Å². The molecule has 0 atom stereocenters. The zero-order valence-electron chi connectivity index (χ0n) is 16.2. The summed E-state index contributed by atoms with van der Waals surface area (Å²) in [5, 5.41) is 0. The van der Waals surface area contributed by atoms with E-state index in [0.717, 1.165) is 11.3 Å². The van der Waals surface area contributed by atoms with Gasteiger partial charge >= 0.3 is 11.7 Å². The highest BCUT2D eigenvalue weighted by Crippen LogP contribution is 2.19. The molecule has 11 heteroatoms. The van der Waals surface area contributed by atoms with E-state index in [1.54, 1.807) is 0 Å². The van der Waals surface area contributed by atoms with Crippen LogP contribution < -0.4 is 21.9 Å². The van der Waals surface area contributed by atoms with Crippen LogP contribution in [0.25, 0.3) is 0 Å².